The van der Waals surface area contributed by atoms with Crippen molar-refractivity contribution in [3.8, 4) is 0 Å². The number of carbonyl (C=O) groups excluding carboxylic acids is 3. The van der Waals surface area contributed by atoms with Crippen LogP contribution in [0.4, 0.5) is 25.4 Å². The third kappa shape index (κ3) is 10.0. The van der Waals surface area contributed by atoms with Gasteiger partial charge in [0.15, 0.2) is 0 Å². The highest BCUT2D eigenvalue weighted by atomic mass is 19.1. The van der Waals surface area contributed by atoms with Gasteiger partial charge < -0.3 is 50.6 Å². The van der Waals surface area contributed by atoms with Gasteiger partial charge in [-0.1, -0.05) is 56.3 Å². The van der Waals surface area contributed by atoms with Crippen molar-refractivity contribution < 1.29 is 38.1 Å². The van der Waals surface area contributed by atoms with Crippen molar-refractivity contribution >= 4 is 46.3 Å². The summed E-state index contributed by atoms with van der Waals surface area (Å²) in [6, 6.07) is 18.1. The van der Waals surface area contributed by atoms with Crippen LogP contribution in [0.25, 0.3) is 10.9 Å². The zero-order valence-corrected chi connectivity index (χ0v) is 33.2. The molecule has 3 amide bonds. The molecule has 5 rings (SSSR count). The Morgan fingerprint density at radius 2 is 1.59 bits per heavy atom. The number of alkyl carbamates (subject to hydrolysis) is 1. The molecule has 1 fully saturated rings. The van der Waals surface area contributed by atoms with Crippen LogP contribution >= 0.6 is 0 Å². The minimum Gasteiger partial charge on any atom is -0.477 e. The lowest BCUT2D eigenvalue weighted by atomic mass is 9.85. The zero-order chi connectivity index (χ0) is 42.1. The van der Waals surface area contributed by atoms with Crippen LogP contribution in [0.5, 0.6) is 0 Å². The highest BCUT2D eigenvalue weighted by molar-refractivity contribution is 5.95. The molecule has 0 bridgehead atoms. The number of piperazine rings is 1. The van der Waals surface area contributed by atoms with E-state index in [2.05, 4.69) is 16.0 Å². The fourth-order valence-electron chi connectivity index (χ4n) is 6.32. The maximum atomic E-state index is 15.3. The molecule has 1 saturated heterocycles. The minimum absolute atomic E-state index is 0.00998. The number of carbonyl (C=O) groups is 4. The van der Waals surface area contributed by atoms with Crippen LogP contribution in [-0.4, -0.2) is 76.4 Å². The van der Waals surface area contributed by atoms with Crippen molar-refractivity contribution in [2.24, 2.45) is 11.7 Å². The lowest BCUT2D eigenvalue weighted by Crippen LogP contribution is -2.54. The highest BCUT2D eigenvalue weighted by Gasteiger charge is 2.34. The number of halogens is 1. The van der Waals surface area contributed by atoms with E-state index < -0.39 is 46.5 Å². The summed E-state index contributed by atoms with van der Waals surface area (Å²) in [5, 5.41) is 18.1. The predicted octanol–water partition coefficient (Wildman–Crippen LogP) is 5.38. The number of nitrogens with one attached hydrogen (secondary N) is 3. The summed E-state index contributed by atoms with van der Waals surface area (Å²) in [7, 11) is 0. The van der Waals surface area contributed by atoms with Crippen LogP contribution in [-0.2, 0) is 34.0 Å². The van der Waals surface area contributed by atoms with Gasteiger partial charge in [0.2, 0.25) is 11.3 Å². The van der Waals surface area contributed by atoms with E-state index in [0.717, 1.165) is 11.6 Å². The average Bonchev–Trinajstić information content (AvgIpc) is 3.21. The van der Waals surface area contributed by atoms with Crippen LogP contribution < -0.4 is 32.0 Å². The molecule has 0 spiro atoms. The molecule has 4 aromatic rings. The van der Waals surface area contributed by atoms with E-state index >= 15 is 4.39 Å². The maximum absolute atomic E-state index is 15.3. The number of carboxylic acid groups (broad SMARTS) is 1. The fraction of sp³-hybridized carbons (Fsp3) is 0.357. The molecule has 0 unspecified atom stereocenters. The number of nitrogens with two attached hydrogens (primary N) is 1. The Morgan fingerprint density at radius 3 is 2.21 bits per heavy atom. The minimum atomic E-state index is -1.38. The number of anilines is 2. The van der Waals surface area contributed by atoms with Gasteiger partial charge in [0.25, 0.3) is 0 Å². The molecule has 1 aromatic heterocycles. The largest absolute Gasteiger partial charge is 0.477 e. The van der Waals surface area contributed by atoms with Gasteiger partial charge in [-0.15, -0.1) is 0 Å². The number of hydrogen-bond acceptors (Lipinski definition) is 10. The molecule has 0 aliphatic carbocycles. The number of rotatable bonds is 14. The monoisotopic (exact) mass is 799 g/mol. The van der Waals surface area contributed by atoms with Gasteiger partial charge in [0, 0.05) is 56.2 Å². The predicted molar refractivity (Wildman–Crippen MR) is 218 cm³/mol. The summed E-state index contributed by atoms with van der Waals surface area (Å²) < 4.78 is 27.8. The third-order valence-electron chi connectivity index (χ3n) is 10.4. The first-order valence-electron chi connectivity index (χ1n) is 19.0. The Hall–Kier alpha value is -6.58. The number of aromatic carboxylic acids is 1. The number of fused-ring (bicyclic) bond motifs is 1. The number of benzene rings is 3. The molecule has 0 radical (unpaired) electrons. The topological polar surface area (TPSA) is 198 Å². The second-order valence-electron chi connectivity index (χ2n) is 14.5. The van der Waals surface area contributed by atoms with Crippen LogP contribution in [0.3, 0.4) is 0 Å². The molecule has 58 heavy (non-hydrogen) atoms. The van der Waals surface area contributed by atoms with Gasteiger partial charge in [0.1, 0.15) is 30.6 Å². The Labute approximate surface area is 335 Å². The van der Waals surface area contributed by atoms with Crippen molar-refractivity contribution in [3.05, 3.63) is 118 Å². The summed E-state index contributed by atoms with van der Waals surface area (Å²) in [5.41, 5.74) is 7.33. The Balaban J connectivity index is 1.08. The van der Waals surface area contributed by atoms with E-state index in [9.17, 15) is 29.1 Å². The number of carboxylic acids is 1. The molecule has 6 N–H and O–H groups in total. The maximum Gasteiger partial charge on any atom is 0.410 e. The molecule has 0 saturated carbocycles. The van der Waals surface area contributed by atoms with E-state index in [1.807, 2.05) is 44.2 Å². The first kappa shape index (κ1) is 42.6. The average molecular weight is 800 g/mol. The third-order valence-corrected chi connectivity index (χ3v) is 10.4. The Morgan fingerprint density at radius 1 is 0.948 bits per heavy atom. The normalized spacial score (nSPS) is 14.7. The number of nitrogens with zero attached hydrogens (tertiary/aromatic N) is 3. The molecule has 3 aromatic carbocycles. The molecular weight excluding hydrogens is 750 g/mol. The van der Waals surface area contributed by atoms with Crippen LogP contribution in [0.2, 0.25) is 0 Å². The lowest BCUT2D eigenvalue weighted by Gasteiger charge is -2.35. The van der Waals surface area contributed by atoms with E-state index in [0.29, 0.717) is 42.1 Å². The zero-order valence-electron chi connectivity index (χ0n) is 33.2. The second-order valence-corrected chi connectivity index (χ2v) is 14.5. The molecule has 1 aliphatic rings. The van der Waals surface area contributed by atoms with Gasteiger partial charge in [0.05, 0.1) is 22.4 Å². The van der Waals surface area contributed by atoms with E-state index in [1.54, 1.807) is 60.6 Å². The first-order valence-corrected chi connectivity index (χ1v) is 19.0. The van der Waals surface area contributed by atoms with Crippen molar-refractivity contribution in [1.29, 1.82) is 0 Å². The summed E-state index contributed by atoms with van der Waals surface area (Å²) >= 11 is 0. The molecular formula is C42H50FN7O8. The van der Waals surface area contributed by atoms with E-state index in [1.165, 1.54) is 17.3 Å². The van der Waals surface area contributed by atoms with Gasteiger partial charge in [-0.25, -0.2) is 18.8 Å². The number of aryl methyl sites for hydroxylation is 1. The van der Waals surface area contributed by atoms with Gasteiger partial charge >= 0.3 is 18.2 Å². The number of ether oxygens (including phenoxy) is 2. The highest BCUT2D eigenvalue weighted by Crippen LogP contribution is 2.27. The van der Waals surface area contributed by atoms with Crippen molar-refractivity contribution in [2.45, 2.75) is 66.0 Å². The Bertz CT molecular complexity index is 2220. The van der Waals surface area contributed by atoms with E-state index in [4.69, 9.17) is 15.2 Å². The molecule has 2 heterocycles. The number of aromatic nitrogens is 1. The Kier molecular flexibility index (Phi) is 13.6. The summed E-state index contributed by atoms with van der Waals surface area (Å²) in [6.45, 7) is 10.7. The van der Waals surface area contributed by atoms with Crippen molar-refractivity contribution in [3.63, 3.8) is 0 Å². The summed E-state index contributed by atoms with van der Waals surface area (Å²) in [4.78, 5) is 66.1. The quantitative estimate of drug-likeness (QED) is 0.110. The smallest absolute Gasteiger partial charge is 0.410 e. The van der Waals surface area contributed by atoms with Crippen molar-refractivity contribution in [2.75, 3.05) is 36.4 Å². The second kappa shape index (κ2) is 18.6. The van der Waals surface area contributed by atoms with Crippen LogP contribution in [0.1, 0.15) is 56.1 Å². The number of amides is 3. The van der Waals surface area contributed by atoms with Gasteiger partial charge in [-0.2, -0.15) is 0 Å². The van der Waals surface area contributed by atoms with Gasteiger partial charge in [-0.3, -0.25) is 9.59 Å². The SMILES string of the molecule is CCn1cc(C(=O)O)c(=O)c2cc(F)c(N3CCN(C(=O)OCc4ccc(NC(=O)[C@H](C)N/C=C(\N)[C@@](C)(NC(=O)OCc5ccccc5)C(C)C)cc4)CC3)cc21. The molecule has 15 nitrogen and oxygen atoms in total. The standard InChI is InChI=1S/C42H50FN7O8/c1-6-48-23-32(39(53)54)37(51)31-20-33(43)35(21-34(31)48)49-16-18-50(19-17-49)41(56)58-25-29-12-14-30(15-13-29)46-38(52)27(4)45-22-36(44)42(5,26(2)3)47-40(55)57-24-28-10-8-7-9-11-28/h7-15,20-23,26-27,45H,6,16-19,24-25,44H2,1-5H3,(H,46,52)(H,47,55)(H,53,54)/b36-22-/t27-,42-/m0/s1. The fourth-order valence-corrected chi connectivity index (χ4v) is 6.32. The summed E-state index contributed by atoms with van der Waals surface area (Å²) in [6.07, 6.45) is 1.62. The van der Waals surface area contributed by atoms with Crippen LogP contribution in [0, 0.1) is 11.7 Å². The van der Waals surface area contributed by atoms with Crippen LogP contribution in [0.15, 0.2) is 89.6 Å². The summed E-state index contributed by atoms with van der Waals surface area (Å²) in [5.74, 6) is -2.48. The molecule has 16 heteroatoms. The first-order chi connectivity index (χ1) is 27.6. The van der Waals surface area contributed by atoms with Gasteiger partial charge in [-0.05, 0) is 62.1 Å². The number of hydrogen-bond donors (Lipinski definition) is 5. The van der Waals surface area contributed by atoms with Crippen molar-refractivity contribution in [1.82, 2.24) is 20.1 Å². The molecule has 1 aliphatic heterocycles. The molecule has 2 atom stereocenters. The lowest BCUT2D eigenvalue weighted by molar-refractivity contribution is -0.117. The van der Waals surface area contributed by atoms with E-state index in [-0.39, 0.29) is 49.2 Å². The number of pyridine rings is 1. The molecule has 308 valence electrons.